The summed E-state index contributed by atoms with van der Waals surface area (Å²) in [5.41, 5.74) is 7.13. The number of rotatable bonds is 6. The maximum Gasteiger partial charge on any atom is 0.0697 e. The van der Waals surface area contributed by atoms with Gasteiger partial charge >= 0.3 is 0 Å². The van der Waals surface area contributed by atoms with Crippen molar-refractivity contribution in [2.45, 2.75) is 19.0 Å². The van der Waals surface area contributed by atoms with Crippen LogP contribution in [-0.2, 0) is 6.54 Å². The van der Waals surface area contributed by atoms with E-state index in [1.807, 2.05) is 24.9 Å². The maximum atomic E-state index is 6.08. The van der Waals surface area contributed by atoms with Gasteiger partial charge in [0.05, 0.1) is 29.0 Å². The van der Waals surface area contributed by atoms with Crippen molar-refractivity contribution < 1.29 is 0 Å². The van der Waals surface area contributed by atoms with E-state index in [9.17, 15) is 0 Å². The van der Waals surface area contributed by atoms with Crippen LogP contribution in [-0.4, -0.2) is 35.3 Å². The summed E-state index contributed by atoms with van der Waals surface area (Å²) in [6.07, 6.45) is 4.39. The zero-order valence-electron chi connectivity index (χ0n) is 9.86. The van der Waals surface area contributed by atoms with Crippen LogP contribution >= 0.6 is 15.9 Å². The third-order valence-corrected chi connectivity index (χ3v) is 2.98. The number of halogens is 1. The van der Waals surface area contributed by atoms with Crippen molar-refractivity contribution in [3.05, 3.63) is 29.0 Å². The Bertz CT molecular complexity index is 346. The van der Waals surface area contributed by atoms with Crippen LogP contribution in [0.25, 0.3) is 0 Å². The standard InChI is InChI=1S/C11H19BrN4/c1-4-5-10(13)11-9(12)8-14-16(11)7-6-15(2)3/h4,8,10H,1,5-7,13H2,2-3H3. The average molecular weight is 287 g/mol. The minimum absolute atomic E-state index is 0.0449. The molecule has 0 aliphatic rings. The van der Waals surface area contributed by atoms with Crippen molar-refractivity contribution in [1.29, 1.82) is 0 Å². The van der Waals surface area contributed by atoms with Gasteiger partial charge in [0, 0.05) is 6.54 Å². The molecule has 0 bridgehead atoms. The summed E-state index contributed by atoms with van der Waals surface area (Å²) in [6.45, 7) is 5.50. The first-order valence-electron chi connectivity index (χ1n) is 5.28. The lowest BCUT2D eigenvalue weighted by Gasteiger charge is -2.15. The maximum absolute atomic E-state index is 6.08. The third-order valence-electron chi connectivity index (χ3n) is 2.36. The van der Waals surface area contributed by atoms with Crippen molar-refractivity contribution in [1.82, 2.24) is 14.7 Å². The van der Waals surface area contributed by atoms with Gasteiger partial charge in [0.15, 0.2) is 0 Å². The average Bonchev–Trinajstić information content (AvgIpc) is 2.57. The van der Waals surface area contributed by atoms with Crippen LogP contribution in [0.3, 0.4) is 0 Å². The highest BCUT2D eigenvalue weighted by molar-refractivity contribution is 9.10. The molecule has 0 aromatic carbocycles. The van der Waals surface area contributed by atoms with E-state index in [2.05, 4.69) is 32.5 Å². The lowest BCUT2D eigenvalue weighted by atomic mass is 10.1. The normalized spacial score (nSPS) is 13.1. The van der Waals surface area contributed by atoms with Crippen molar-refractivity contribution in [3.8, 4) is 0 Å². The Kier molecular flexibility index (Phi) is 5.18. The summed E-state index contributed by atoms with van der Waals surface area (Å²) < 4.78 is 2.93. The first-order chi connectivity index (χ1) is 7.56. The lowest BCUT2D eigenvalue weighted by Crippen LogP contribution is -2.23. The van der Waals surface area contributed by atoms with Gasteiger partial charge in [-0.15, -0.1) is 6.58 Å². The molecule has 1 rings (SSSR count). The second-order valence-corrected chi connectivity index (χ2v) is 4.89. The largest absolute Gasteiger partial charge is 0.322 e. The van der Waals surface area contributed by atoms with Gasteiger partial charge in [-0.2, -0.15) is 5.10 Å². The smallest absolute Gasteiger partial charge is 0.0697 e. The molecule has 16 heavy (non-hydrogen) atoms. The molecular weight excluding hydrogens is 268 g/mol. The minimum atomic E-state index is -0.0449. The van der Waals surface area contributed by atoms with Gasteiger partial charge in [-0.05, 0) is 36.4 Å². The van der Waals surface area contributed by atoms with Crippen molar-refractivity contribution in [2.75, 3.05) is 20.6 Å². The highest BCUT2D eigenvalue weighted by Crippen LogP contribution is 2.23. The number of likely N-dealkylation sites (N-methyl/N-ethyl adjacent to an activating group) is 1. The van der Waals surface area contributed by atoms with E-state index in [1.54, 1.807) is 6.20 Å². The number of nitrogens with two attached hydrogens (primary N) is 1. The van der Waals surface area contributed by atoms with E-state index >= 15 is 0 Å². The molecule has 1 aromatic rings. The molecule has 0 spiro atoms. The summed E-state index contributed by atoms with van der Waals surface area (Å²) in [5, 5.41) is 4.32. The number of hydrogen-bond donors (Lipinski definition) is 1. The van der Waals surface area contributed by atoms with Crippen molar-refractivity contribution in [3.63, 3.8) is 0 Å². The van der Waals surface area contributed by atoms with Crippen molar-refractivity contribution in [2.24, 2.45) is 5.73 Å². The Morgan fingerprint density at radius 1 is 1.69 bits per heavy atom. The van der Waals surface area contributed by atoms with Gasteiger partial charge < -0.3 is 10.6 Å². The quantitative estimate of drug-likeness (QED) is 0.811. The van der Waals surface area contributed by atoms with Gasteiger partial charge in [-0.25, -0.2) is 0 Å². The molecule has 2 N–H and O–H groups in total. The molecule has 0 aliphatic carbocycles. The van der Waals surface area contributed by atoms with Crippen LogP contribution in [0.5, 0.6) is 0 Å². The Morgan fingerprint density at radius 3 is 2.94 bits per heavy atom. The molecule has 1 atom stereocenters. The van der Waals surface area contributed by atoms with Gasteiger partial charge in [-0.1, -0.05) is 6.08 Å². The van der Waals surface area contributed by atoms with Crippen LogP contribution in [0, 0.1) is 0 Å². The summed E-state index contributed by atoms with van der Waals surface area (Å²) in [5.74, 6) is 0. The van der Waals surface area contributed by atoms with E-state index in [0.717, 1.165) is 29.7 Å². The predicted molar refractivity (Wildman–Crippen MR) is 70.2 cm³/mol. The first-order valence-corrected chi connectivity index (χ1v) is 6.08. The fourth-order valence-corrected chi connectivity index (χ4v) is 2.09. The summed E-state index contributed by atoms with van der Waals surface area (Å²) in [6, 6.07) is -0.0449. The van der Waals surface area contributed by atoms with Crippen LogP contribution < -0.4 is 5.73 Å². The second kappa shape index (κ2) is 6.18. The summed E-state index contributed by atoms with van der Waals surface area (Å²) in [4.78, 5) is 2.12. The topological polar surface area (TPSA) is 47.1 Å². The van der Waals surface area contributed by atoms with Crippen molar-refractivity contribution >= 4 is 15.9 Å². The lowest BCUT2D eigenvalue weighted by molar-refractivity contribution is 0.366. The SMILES string of the molecule is C=CCC(N)c1c(Br)cnn1CCN(C)C. The Hall–Kier alpha value is -0.650. The molecule has 4 nitrogen and oxygen atoms in total. The van der Waals surface area contributed by atoms with E-state index in [0.29, 0.717) is 0 Å². The molecule has 5 heteroatoms. The molecule has 0 amide bonds. The van der Waals surface area contributed by atoms with E-state index < -0.39 is 0 Å². The highest BCUT2D eigenvalue weighted by Gasteiger charge is 2.15. The highest BCUT2D eigenvalue weighted by atomic mass is 79.9. The first kappa shape index (κ1) is 13.4. The predicted octanol–water partition coefficient (Wildman–Crippen LogP) is 1.78. The van der Waals surface area contributed by atoms with Crippen LogP contribution in [0.4, 0.5) is 0 Å². The molecule has 1 heterocycles. The molecule has 1 aromatic heterocycles. The second-order valence-electron chi connectivity index (χ2n) is 4.04. The van der Waals surface area contributed by atoms with Crippen LogP contribution in [0.15, 0.2) is 23.3 Å². The molecule has 0 saturated carbocycles. The van der Waals surface area contributed by atoms with Gasteiger partial charge in [-0.3, -0.25) is 4.68 Å². The fraction of sp³-hybridized carbons (Fsp3) is 0.545. The zero-order valence-corrected chi connectivity index (χ0v) is 11.4. The van der Waals surface area contributed by atoms with Crippen LogP contribution in [0.1, 0.15) is 18.2 Å². The molecule has 0 aliphatic heterocycles. The third kappa shape index (κ3) is 3.43. The Labute approximate surface area is 105 Å². The number of nitrogens with zero attached hydrogens (tertiary/aromatic N) is 3. The minimum Gasteiger partial charge on any atom is -0.322 e. The molecular formula is C11H19BrN4. The zero-order chi connectivity index (χ0) is 12.1. The number of aromatic nitrogens is 2. The molecule has 90 valence electrons. The fourth-order valence-electron chi connectivity index (χ4n) is 1.50. The van der Waals surface area contributed by atoms with Crippen LogP contribution in [0.2, 0.25) is 0 Å². The molecule has 0 saturated heterocycles. The summed E-state index contributed by atoms with van der Waals surface area (Å²) in [7, 11) is 4.09. The van der Waals surface area contributed by atoms with E-state index in [4.69, 9.17) is 5.73 Å². The van der Waals surface area contributed by atoms with Gasteiger partial charge in [0.1, 0.15) is 0 Å². The molecule has 1 unspecified atom stereocenters. The van der Waals surface area contributed by atoms with E-state index in [-0.39, 0.29) is 6.04 Å². The Balaban J connectivity index is 2.80. The molecule has 0 fully saturated rings. The molecule has 0 radical (unpaired) electrons. The van der Waals surface area contributed by atoms with Gasteiger partial charge in [0.2, 0.25) is 0 Å². The summed E-state index contributed by atoms with van der Waals surface area (Å²) >= 11 is 3.48. The van der Waals surface area contributed by atoms with Gasteiger partial charge in [0.25, 0.3) is 0 Å². The monoisotopic (exact) mass is 286 g/mol. The number of hydrogen-bond acceptors (Lipinski definition) is 3. The Morgan fingerprint density at radius 2 is 2.38 bits per heavy atom. The van der Waals surface area contributed by atoms with E-state index in [1.165, 1.54) is 0 Å².